The molecule has 3 N–H and O–H groups in total. The van der Waals surface area contributed by atoms with Crippen LogP contribution in [-0.4, -0.2) is 44.1 Å². The zero-order chi connectivity index (χ0) is 20.3. The van der Waals surface area contributed by atoms with Crippen LogP contribution in [-0.2, 0) is 30.8 Å². The first-order valence-corrected chi connectivity index (χ1v) is 11.1. The van der Waals surface area contributed by atoms with Gasteiger partial charge in [-0.1, -0.05) is 25.0 Å². The minimum Gasteiger partial charge on any atom is -0.356 e. The van der Waals surface area contributed by atoms with Crippen LogP contribution in [0, 0.1) is 11.8 Å². The van der Waals surface area contributed by atoms with Gasteiger partial charge in [0.05, 0.1) is 16.7 Å². The first-order valence-electron chi connectivity index (χ1n) is 9.51. The first-order chi connectivity index (χ1) is 13.3. The predicted octanol–water partition coefficient (Wildman–Crippen LogP) is 0.558. The van der Waals surface area contributed by atoms with Gasteiger partial charge >= 0.3 is 0 Å². The number of amides is 3. The third-order valence-corrected chi connectivity index (χ3v) is 6.41. The van der Waals surface area contributed by atoms with E-state index in [0.717, 1.165) is 31.2 Å². The van der Waals surface area contributed by atoms with E-state index in [1.165, 1.54) is 17.0 Å². The van der Waals surface area contributed by atoms with Crippen molar-refractivity contribution in [2.24, 2.45) is 17.0 Å². The predicted molar refractivity (Wildman–Crippen MR) is 101 cm³/mol. The molecule has 1 saturated heterocycles. The largest absolute Gasteiger partial charge is 0.356 e. The number of likely N-dealkylation sites (tertiary alicyclic amines) is 1. The van der Waals surface area contributed by atoms with Crippen LogP contribution in [0.15, 0.2) is 29.2 Å². The quantitative estimate of drug-likeness (QED) is 0.639. The highest BCUT2D eigenvalue weighted by atomic mass is 32.2. The van der Waals surface area contributed by atoms with Gasteiger partial charge in [-0.25, -0.2) is 13.6 Å². The monoisotopic (exact) mass is 407 g/mol. The third-order valence-electron chi connectivity index (χ3n) is 5.48. The van der Waals surface area contributed by atoms with Crippen LogP contribution in [0.3, 0.4) is 0 Å². The number of fused-ring (bicyclic) bond motifs is 1. The summed E-state index contributed by atoms with van der Waals surface area (Å²) in [6, 6.07) is 6.15. The van der Waals surface area contributed by atoms with Gasteiger partial charge in [0.2, 0.25) is 27.7 Å². The number of imide groups is 1. The number of hydrogen-bond donors (Lipinski definition) is 2. The Labute approximate surface area is 164 Å². The Bertz CT molecular complexity index is 842. The molecule has 0 spiro atoms. The Balaban J connectivity index is 1.42. The van der Waals surface area contributed by atoms with E-state index in [0.29, 0.717) is 13.0 Å². The fourth-order valence-corrected chi connectivity index (χ4v) is 4.46. The molecule has 0 bridgehead atoms. The number of benzene rings is 1. The average Bonchev–Trinajstić information content (AvgIpc) is 2.91. The fourth-order valence-electron chi connectivity index (χ4n) is 3.95. The Morgan fingerprint density at radius 3 is 2.18 bits per heavy atom. The molecule has 28 heavy (non-hydrogen) atoms. The zero-order valence-corrected chi connectivity index (χ0v) is 16.4. The minimum absolute atomic E-state index is 0.0424. The van der Waals surface area contributed by atoms with E-state index >= 15 is 0 Å². The van der Waals surface area contributed by atoms with E-state index < -0.39 is 10.0 Å². The fraction of sp³-hybridized carbons (Fsp3) is 0.526. The molecule has 1 heterocycles. The number of sulfonamides is 1. The molecule has 152 valence electrons. The second-order valence-corrected chi connectivity index (χ2v) is 8.93. The lowest BCUT2D eigenvalue weighted by molar-refractivity contribution is -0.140. The summed E-state index contributed by atoms with van der Waals surface area (Å²) < 4.78 is 22.5. The van der Waals surface area contributed by atoms with Crippen molar-refractivity contribution in [2.75, 3.05) is 13.1 Å². The van der Waals surface area contributed by atoms with Gasteiger partial charge in [0.1, 0.15) is 0 Å². The van der Waals surface area contributed by atoms with E-state index in [1.807, 2.05) is 0 Å². The normalized spacial score (nSPS) is 22.2. The number of nitrogens with zero attached hydrogens (tertiary/aromatic N) is 1. The van der Waals surface area contributed by atoms with Crippen molar-refractivity contribution in [1.82, 2.24) is 10.2 Å². The van der Waals surface area contributed by atoms with Gasteiger partial charge in [-0.3, -0.25) is 19.3 Å². The summed E-state index contributed by atoms with van der Waals surface area (Å²) in [6.07, 6.45) is 4.10. The van der Waals surface area contributed by atoms with Crippen LogP contribution in [0.25, 0.3) is 0 Å². The topological polar surface area (TPSA) is 127 Å². The van der Waals surface area contributed by atoms with Crippen LogP contribution in [0.2, 0.25) is 0 Å². The third kappa shape index (κ3) is 4.59. The van der Waals surface area contributed by atoms with Crippen LogP contribution < -0.4 is 10.5 Å². The Kier molecular flexibility index (Phi) is 6.14. The van der Waals surface area contributed by atoms with Gasteiger partial charge in [0.25, 0.3) is 0 Å². The van der Waals surface area contributed by atoms with E-state index in [9.17, 15) is 22.8 Å². The van der Waals surface area contributed by atoms with E-state index in [-0.39, 0.29) is 47.4 Å². The molecule has 3 amide bonds. The van der Waals surface area contributed by atoms with Crippen molar-refractivity contribution in [3.8, 4) is 0 Å². The highest BCUT2D eigenvalue weighted by molar-refractivity contribution is 7.89. The molecular formula is C19H25N3O5S. The van der Waals surface area contributed by atoms with Crippen LogP contribution >= 0.6 is 0 Å². The highest BCUT2D eigenvalue weighted by Gasteiger charge is 2.47. The van der Waals surface area contributed by atoms with Crippen molar-refractivity contribution < 1.29 is 22.8 Å². The van der Waals surface area contributed by atoms with Gasteiger partial charge in [-0.2, -0.15) is 0 Å². The number of carbonyl (C=O) groups is 3. The smallest absolute Gasteiger partial charge is 0.238 e. The van der Waals surface area contributed by atoms with Crippen molar-refractivity contribution >= 4 is 27.7 Å². The maximum absolute atomic E-state index is 12.4. The molecule has 2 unspecified atom stereocenters. The second-order valence-electron chi connectivity index (χ2n) is 7.36. The van der Waals surface area contributed by atoms with Gasteiger partial charge < -0.3 is 5.32 Å². The molecule has 9 heteroatoms. The summed E-state index contributed by atoms with van der Waals surface area (Å²) in [7, 11) is -3.72. The van der Waals surface area contributed by atoms with E-state index in [1.54, 1.807) is 12.1 Å². The van der Waals surface area contributed by atoms with Crippen molar-refractivity contribution in [3.05, 3.63) is 29.8 Å². The lowest BCUT2D eigenvalue weighted by Crippen LogP contribution is -2.35. The van der Waals surface area contributed by atoms with Gasteiger partial charge in [0, 0.05) is 19.5 Å². The number of hydrogen-bond acceptors (Lipinski definition) is 5. The van der Waals surface area contributed by atoms with Gasteiger partial charge in [0.15, 0.2) is 0 Å². The number of rotatable bonds is 7. The Morgan fingerprint density at radius 2 is 1.64 bits per heavy atom. The minimum atomic E-state index is -3.72. The summed E-state index contributed by atoms with van der Waals surface area (Å²) in [5, 5.41) is 7.81. The number of nitrogens with one attached hydrogen (secondary N) is 1. The Morgan fingerprint density at radius 1 is 1.07 bits per heavy atom. The molecule has 1 aliphatic carbocycles. The molecule has 1 aromatic carbocycles. The molecule has 2 atom stereocenters. The summed E-state index contributed by atoms with van der Waals surface area (Å²) in [5.74, 6) is -0.860. The summed E-state index contributed by atoms with van der Waals surface area (Å²) in [5.41, 5.74) is 0.863. The zero-order valence-electron chi connectivity index (χ0n) is 15.6. The van der Waals surface area contributed by atoms with Gasteiger partial charge in [-0.15, -0.1) is 0 Å². The number of carbonyl (C=O) groups excluding carboxylic acids is 3. The maximum atomic E-state index is 12.4. The van der Waals surface area contributed by atoms with Crippen LogP contribution in [0.4, 0.5) is 0 Å². The summed E-state index contributed by atoms with van der Waals surface area (Å²) in [4.78, 5) is 38.1. The molecule has 1 aromatic rings. The summed E-state index contributed by atoms with van der Waals surface area (Å²) >= 11 is 0. The van der Waals surface area contributed by atoms with Gasteiger partial charge in [-0.05, 0) is 37.0 Å². The molecule has 8 nitrogen and oxygen atoms in total. The SMILES string of the molecule is NS(=O)(=O)c1ccc(CCNC(=O)CCN2C(=O)C3CCCCC3C2=O)cc1. The first kappa shape index (κ1) is 20.5. The molecule has 2 aliphatic rings. The van der Waals surface area contributed by atoms with Crippen molar-refractivity contribution in [1.29, 1.82) is 0 Å². The van der Waals surface area contributed by atoms with Crippen LogP contribution in [0.5, 0.6) is 0 Å². The molecule has 0 aromatic heterocycles. The lowest BCUT2D eigenvalue weighted by atomic mass is 9.81. The standard InChI is InChI=1S/C19H25N3O5S/c20-28(26,27)14-7-5-13(6-8-14)9-11-21-17(23)10-12-22-18(24)15-3-1-2-4-16(15)19(22)25/h5-8,15-16H,1-4,9-12H2,(H,21,23)(H2,20,26,27). The average molecular weight is 407 g/mol. The lowest BCUT2D eigenvalue weighted by Gasteiger charge is -2.19. The number of primary sulfonamides is 1. The number of nitrogens with two attached hydrogens (primary N) is 1. The summed E-state index contributed by atoms with van der Waals surface area (Å²) in [6.45, 7) is 0.500. The van der Waals surface area contributed by atoms with E-state index in [2.05, 4.69) is 5.32 Å². The molecule has 2 fully saturated rings. The molecule has 1 aliphatic heterocycles. The Hall–Kier alpha value is -2.26. The van der Waals surface area contributed by atoms with Crippen molar-refractivity contribution in [2.45, 2.75) is 43.4 Å². The van der Waals surface area contributed by atoms with Crippen molar-refractivity contribution in [3.63, 3.8) is 0 Å². The molecule has 3 rings (SSSR count). The second kappa shape index (κ2) is 8.40. The molecular weight excluding hydrogens is 382 g/mol. The molecule has 0 radical (unpaired) electrons. The maximum Gasteiger partial charge on any atom is 0.238 e. The highest BCUT2D eigenvalue weighted by Crippen LogP contribution is 2.37. The molecule has 1 saturated carbocycles. The van der Waals surface area contributed by atoms with E-state index in [4.69, 9.17) is 5.14 Å². The van der Waals surface area contributed by atoms with Crippen LogP contribution in [0.1, 0.15) is 37.7 Å².